The van der Waals surface area contributed by atoms with Gasteiger partial charge in [-0.05, 0) is 13.8 Å². The van der Waals surface area contributed by atoms with Gasteiger partial charge in [0.25, 0.3) is 0 Å². The van der Waals surface area contributed by atoms with Crippen molar-refractivity contribution in [2.75, 3.05) is 0 Å². The third kappa shape index (κ3) is 4.03. The number of allylic oxidation sites excluding steroid dienone is 1. The van der Waals surface area contributed by atoms with Crippen LogP contribution in [0.4, 0.5) is 0 Å². The molecule has 2 nitrogen and oxygen atoms in total. The molecule has 0 aliphatic rings. The van der Waals surface area contributed by atoms with Crippen LogP contribution in [0.2, 0.25) is 0 Å². The zero-order valence-corrected chi connectivity index (χ0v) is 6.14. The van der Waals surface area contributed by atoms with Crippen molar-refractivity contribution >= 4 is 17.6 Å². The smallest absolute Gasteiger partial charge is 0.310 e. The molecular formula is C6H9ClO2. The molecule has 0 rings (SSSR count). The second-order valence-corrected chi connectivity index (χ2v) is 2.48. The van der Waals surface area contributed by atoms with Gasteiger partial charge in [0, 0.05) is 5.03 Å². The molecule has 1 unspecified atom stereocenters. The van der Waals surface area contributed by atoms with E-state index in [-0.39, 0.29) is 0 Å². The molecular weight excluding hydrogens is 140 g/mol. The molecule has 3 heteroatoms. The number of hydrogen-bond donors (Lipinski definition) is 1. The van der Waals surface area contributed by atoms with Crippen molar-refractivity contribution in [1.29, 1.82) is 0 Å². The lowest BCUT2D eigenvalue weighted by molar-refractivity contribution is -0.139. The van der Waals surface area contributed by atoms with Crippen molar-refractivity contribution < 1.29 is 9.90 Å². The predicted molar refractivity (Wildman–Crippen MR) is 36.4 cm³/mol. The van der Waals surface area contributed by atoms with Crippen LogP contribution in [0.25, 0.3) is 0 Å². The van der Waals surface area contributed by atoms with E-state index in [1.807, 2.05) is 0 Å². The molecule has 1 atom stereocenters. The van der Waals surface area contributed by atoms with Gasteiger partial charge in [-0.2, -0.15) is 0 Å². The van der Waals surface area contributed by atoms with Crippen molar-refractivity contribution in [3.8, 4) is 0 Å². The Labute approximate surface area is 59.1 Å². The van der Waals surface area contributed by atoms with Gasteiger partial charge in [-0.1, -0.05) is 17.7 Å². The summed E-state index contributed by atoms with van der Waals surface area (Å²) in [5.74, 6) is -1.34. The van der Waals surface area contributed by atoms with Gasteiger partial charge in [-0.25, -0.2) is 0 Å². The summed E-state index contributed by atoms with van der Waals surface area (Å²) in [6.07, 6.45) is 1.49. The lowest BCUT2D eigenvalue weighted by Crippen LogP contribution is -2.05. The second-order valence-electron chi connectivity index (χ2n) is 1.88. The molecule has 0 radical (unpaired) electrons. The van der Waals surface area contributed by atoms with E-state index < -0.39 is 11.9 Å². The minimum atomic E-state index is -0.852. The van der Waals surface area contributed by atoms with Crippen LogP contribution in [0.5, 0.6) is 0 Å². The van der Waals surface area contributed by atoms with Crippen LogP contribution in [-0.4, -0.2) is 11.1 Å². The van der Waals surface area contributed by atoms with E-state index in [2.05, 4.69) is 0 Å². The molecule has 0 aromatic rings. The zero-order chi connectivity index (χ0) is 7.44. The Morgan fingerprint density at radius 1 is 1.78 bits per heavy atom. The minimum absolute atomic E-state index is 0.484. The van der Waals surface area contributed by atoms with Crippen molar-refractivity contribution in [2.45, 2.75) is 13.8 Å². The van der Waals surface area contributed by atoms with E-state index in [0.717, 1.165) is 0 Å². The maximum atomic E-state index is 10.1. The molecule has 0 saturated heterocycles. The van der Waals surface area contributed by atoms with Gasteiger partial charge in [0.1, 0.15) is 0 Å². The average molecular weight is 149 g/mol. The molecule has 0 fully saturated rings. The maximum absolute atomic E-state index is 10.1. The number of carbonyl (C=O) groups is 1. The Morgan fingerprint density at radius 2 is 2.22 bits per heavy atom. The monoisotopic (exact) mass is 148 g/mol. The zero-order valence-electron chi connectivity index (χ0n) is 5.39. The Bertz CT molecular complexity index is 136. The SMILES string of the molecule is C/C(Cl)=C\C(C)C(=O)O. The Morgan fingerprint density at radius 3 is 2.33 bits per heavy atom. The van der Waals surface area contributed by atoms with E-state index in [9.17, 15) is 4.79 Å². The van der Waals surface area contributed by atoms with Crippen LogP contribution >= 0.6 is 11.6 Å². The highest BCUT2D eigenvalue weighted by atomic mass is 35.5. The van der Waals surface area contributed by atoms with E-state index in [1.165, 1.54) is 6.08 Å². The molecule has 52 valence electrons. The lowest BCUT2D eigenvalue weighted by Gasteiger charge is -1.96. The quantitative estimate of drug-likeness (QED) is 0.649. The fourth-order valence-electron chi connectivity index (χ4n) is 0.416. The number of halogens is 1. The molecule has 9 heavy (non-hydrogen) atoms. The topological polar surface area (TPSA) is 37.3 Å². The summed E-state index contributed by atoms with van der Waals surface area (Å²) in [6, 6.07) is 0. The van der Waals surface area contributed by atoms with Crippen LogP contribution in [0, 0.1) is 5.92 Å². The largest absolute Gasteiger partial charge is 0.481 e. The third-order valence-corrected chi connectivity index (χ3v) is 0.995. The number of carboxylic acids is 1. The fourth-order valence-corrected chi connectivity index (χ4v) is 0.605. The van der Waals surface area contributed by atoms with Crippen LogP contribution in [0.1, 0.15) is 13.8 Å². The van der Waals surface area contributed by atoms with Gasteiger partial charge in [-0.3, -0.25) is 4.79 Å². The van der Waals surface area contributed by atoms with Crippen LogP contribution in [0.15, 0.2) is 11.1 Å². The second kappa shape index (κ2) is 3.51. The van der Waals surface area contributed by atoms with Crippen molar-refractivity contribution in [3.63, 3.8) is 0 Å². The number of rotatable bonds is 2. The summed E-state index contributed by atoms with van der Waals surface area (Å²) in [6.45, 7) is 3.23. The lowest BCUT2D eigenvalue weighted by atomic mass is 10.2. The number of hydrogen-bond acceptors (Lipinski definition) is 1. The molecule has 0 saturated carbocycles. The van der Waals surface area contributed by atoms with Gasteiger partial charge < -0.3 is 5.11 Å². The number of aliphatic carboxylic acids is 1. The Kier molecular flexibility index (Phi) is 3.32. The maximum Gasteiger partial charge on any atom is 0.310 e. The van der Waals surface area contributed by atoms with Crippen LogP contribution < -0.4 is 0 Å². The highest BCUT2D eigenvalue weighted by molar-refractivity contribution is 6.29. The third-order valence-electron chi connectivity index (χ3n) is 0.869. The standard InChI is InChI=1S/C6H9ClO2/c1-4(6(8)9)3-5(2)7/h3-4H,1-2H3,(H,8,9)/b5-3+. The molecule has 0 spiro atoms. The molecule has 0 aromatic heterocycles. The summed E-state index contributed by atoms with van der Waals surface area (Å²) in [5.41, 5.74) is 0. The molecule has 0 aliphatic heterocycles. The number of carboxylic acid groups (broad SMARTS) is 1. The molecule has 0 heterocycles. The molecule has 1 N–H and O–H groups in total. The predicted octanol–water partition coefficient (Wildman–Crippen LogP) is 1.85. The van der Waals surface area contributed by atoms with Gasteiger partial charge in [0.05, 0.1) is 5.92 Å². The van der Waals surface area contributed by atoms with E-state index in [1.54, 1.807) is 13.8 Å². The van der Waals surface area contributed by atoms with Gasteiger partial charge in [-0.15, -0.1) is 0 Å². The molecule has 0 aromatic carbocycles. The fraction of sp³-hybridized carbons (Fsp3) is 0.500. The average Bonchev–Trinajstić information content (AvgIpc) is 1.63. The Balaban J connectivity index is 3.91. The van der Waals surface area contributed by atoms with E-state index >= 15 is 0 Å². The minimum Gasteiger partial charge on any atom is -0.481 e. The van der Waals surface area contributed by atoms with Crippen molar-refractivity contribution in [3.05, 3.63) is 11.1 Å². The summed E-state index contributed by atoms with van der Waals surface area (Å²) < 4.78 is 0. The van der Waals surface area contributed by atoms with Crippen LogP contribution in [0.3, 0.4) is 0 Å². The summed E-state index contributed by atoms with van der Waals surface area (Å²) in [5, 5.41) is 8.85. The van der Waals surface area contributed by atoms with Gasteiger partial charge in [0.15, 0.2) is 0 Å². The van der Waals surface area contributed by atoms with E-state index in [4.69, 9.17) is 16.7 Å². The first-order chi connectivity index (χ1) is 4.04. The molecule has 0 amide bonds. The van der Waals surface area contributed by atoms with Crippen LogP contribution in [-0.2, 0) is 4.79 Å². The highest BCUT2D eigenvalue weighted by Crippen LogP contribution is 2.05. The summed E-state index contributed by atoms with van der Waals surface area (Å²) >= 11 is 5.41. The first kappa shape index (κ1) is 8.50. The normalized spacial score (nSPS) is 15.2. The van der Waals surface area contributed by atoms with Gasteiger partial charge in [0.2, 0.25) is 0 Å². The van der Waals surface area contributed by atoms with Crippen molar-refractivity contribution in [1.82, 2.24) is 0 Å². The molecule has 0 aliphatic carbocycles. The summed E-state index contributed by atoms with van der Waals surface area (Å²) in [4.78, 5) is 10.1. The molecule has 0 bridgehead atoms. The first-order valence-electron chi connectivity index (χ1n) is 2.60. The van der Waals surface area contributed by atoms with Crippen molar-refractivity contribution in [2.24, 2.45) is 5.92 Å². The first-order valence-corrected chi connectivity index (χ1v) is 2.98. The summed E-state index contributed by atoms with van der Waals surface area (Å²) in [7, 11) is 0. The van der Waals surface area contributed by atoms with E-state index in [0.29, 0.717) is 5.03 Å². The van der Waals surface area contributed by atoms with Gasteiger partial charge >= 0.3 is 5.97 Å². The highest BCUT2D eigenvalue weighted by Gasteiger charge is 2.05. The Hall–Kier alpha value is -0.500.